The topological polar surface area (TPSA) is 74.0 Å². The van der Waals surface area contributed by atoms with E-state index in [4.69, 9.17) is 19.9 Å². The molecule has 2 fully saturated rings. The van der Waals surface area contributed by atoms with Gasteiger partial charge in [-0.15, -0.1) is 0 Å². The molecule has 0 unspecified atom stereocenters. The summed E-state index contributed by atoms with van der Waals surface area (Å²) in [4.78, 5) is 14.0. The van der Waals surface area contributed by atoms with E-state index in [2.05, 4.69) is 23.1 Å². The van der Waals surface area contributed by atoms with Crippen molar-refractivity contribution in [2.24, 2.45) is 5.73 Å². The summed E-state index contributed by atoms with van der Waals surface area (Å²) in [5, 5.41) is 2.20. The van der Waals surface area contributed by atoms with Crippen LogP contribution in [0.5, 0.6) is 0 Å². The first kappa shape index (κ1) is 20.1. The fourth-order valence-electron chi connectivity index (χ4n) is 4.22. The highest BCUT2D eigenvalue weighted by Crippen LogP contribution is 2.30. The van der Waals surface area contributed by atoms with Gasteiger partial charge < -0.3 is 24.8 Å². The van der Waals surface area contributed by atoms with Crippen LogP contribution in [0.25, 0.3) is 10.8 Å². The first-order valence-corrected chi connectivity index (χ1v) is 10.6. The van der Waals surface area contributed by atoms with Gasteiger partial charge in [0.25, 0.3) is 0 Å². The number of carbonyl (C=O) groups is 1. The third-order valence-electron chi connectivity index (χ3n) is 5.89. The van der Waals surface area contributed by atoms with Gasteiger partial charge in [-0.1, -0.05) is 18.2 Å². The number of carbonyl (C=O) groups excluding carboxylic acids is 1. The molecule has 0 radical (unpaired) electrons. The van der Waals surface area contributed by atoms with Crippen molar-refractivity contribution in [3.63, 3.8) is 0 Å². The first-order valence-electron chi connectivity index (χ1n) is 10.6. The Balaban J connectivity index is 1.29. The first-order chi connectivity index (χ1) is 14.2. The number of piperidine rings is 1. The van der Waals surface area contributed by atoms with Gasteiger partial charge in [-0.2, -0.15) is 0 Å². The Morgan fingerprint density at radius 1 is 1.00 bits per heavy atom. The molecule has 4 rings (SSSR count). The minimum absolute atomic E-state index is 0.278. The van der Waals surface area contributed by atoms with Crippen molar-refractivity contribution < 1.29 is 19.0 Å². The number of nitrogens with zero attached hydrogens (tertiary/aromatic N) is 1. The van der Waals surface area contributed by atoms with Crippen LogP contribution in [0.2, 0.25) is 0 Å². The molecule has 2 heterocycles. The monoisotopic (exact) mass is 398 g/mol. The molecule has 6 nitrogen and oxygen atoms in total. The molecule has 2 N–H and O–H groups in total. The smallest absolute Gasteiger partial charge is 0.248 e. The normalized spacial score (nSPS) is 19.0. The molecular weight excluding hydrogens is 368 g/mol. The van der Waals surface area contributed by atoms with Gasteiger partial charge in [0.05, 0.1) is 25.4 Å². The lowest BCUT2D eigenvalue weighted by molar-refractivity contribution is -0.0625. The molecule has 0 bridgehead atoms. The summed E-state index contributed by atoms with van der Waals surface area (Å²) in [5.74, 6) is -0.392. The van der Waals surface area contributed by atoms with Crippen LogP contribution < -0.4 is 10.6 Å². The van der Waals surface area contributed by atoms with Crippen LogP contribution in [-0.4, -0.2) is 57.6 Å². The largest absolute Gasteiger partial charge is 0.381 e. The number of amides is 1. The molecular formula is C23H30N2O4. The number of anilines is 1. The molecule has 2 saturated heterocycles. The Hall–Kier alpha value is -2.15. The van der Waals surface area contributed by atoms with Crippen LogP contribution in [0, 0.1) is 0 Å². The molecule has 0 atom stereocenters. The zero-order valence-corrected chi connectivity index (χ0v) is 16.8. The van der Waals surface area contributed by atoms with E-state index in [1.807, 2.05) is 12.1 Å². The van der Waals surface area contributed by atoms with E-state index in [-0.39, 0.29) is 6.10 Å². The van der Waals surface area contributed by atoms with Crippen molar-refractivity contribution in [3.05, 3.63) is 42.0 Å². The van der Waals surface area contributed by atoms with Crippen LogP contribution in [0.15, 0.2) is 36.4 Å². The van der Waals surface area contributed by atoms with E-state index in [0.29, 0.717) is 24.9 Å². The van der Waals surface area contributed by atoms with E-state index in [1.165, 1.54) is 0 Å². The minimum atomic E-state index is -0.392. The highest BCUT2D eigenvalue weighted by molar-refractivity contribution is 6.01. The average Bonchev–Trinajstić information content (AvgIpc) is 2.77. The van der Waals surface area contributed by atoms with Gasteiger partial charge in [-0.3, -0.25) is 4.79 Å². The third-order valence-corrected chi connectivity index (χ3v) is 5.89. The molecule has 2 aromatic carbocycles. The maximum Gasteiger partial charge on any atom is 0.248 e. The van der Waals surface area contributed by atoms with E-state index < -0.39 is 5.91 Å². The van der Waals surface area contributed by atoms with Crippen molar-refractivity contribution >= 4 is 22.4 Å². The molecule has 2 aliphatic heterocycles. The fraction of sp³-hybridized carbons (Fsp3) is 0.522. The lowest BCUT2D eigenvalue weighted by Gasteiger charge is -2.34. The summed E-state index contributed by atoms with van der Waals surface area (Å²) in [6, 6.07) is 11.9. The molecule has 1 amide bonds. The van der Waals surface area contributed by atoms with Crippen LogP contribution in [0.4, 0.5) is 5.69 Å². The molecule has 2 aromatic rings. The predicted molar refractivity (Wildman–Crippen MR) is 113 cm³/mol. The van der Waals surface area contributed by atoms with Crippen molar-refractivity contribution in [2.75, 3.05) is 44.4 Å². The zero-order valence-electron chi connectivity index (χ0n) is 16.8. The SMILES string of the molecule is NC(=O)c1ccc2cccc(N3CCC(OCCOC4CCOCC4)CC3)c2c1. The maximum atomic E-state index is 11.6. The van der Waals surface area contributed by atoms with Crippen LogP contribution in [0.1, 0.15) is 36.0 Å². The lowest BCUT2D eigenvalue weighted by atomic mass is 10.0. The number of nitrogens with two attached hydrogens (primary N) is 1. The Labute approximate surface area is 171 Å². The van der Waals surface area contributed by atoms with Gasteiger partial charge in [-0.05, 0) is 49.3 Å². The summed E-state index contributed by atoms with van der Waals surface area (Å²) >= 11 is 0. The summed E-state index contributed by atoms with van der Waals surface area (Å²) in [7, 11) is 0. The minimum Gasteiger partial charge on any atom is -0.381 e. The second kappa shape index (κ2) is 9.57. The molecule has 0 spiro atoms. The lowest BCUT2D eigenvalue weighted by Crippen LogP contribution is -2.37. The summed E-state index contributed by atoms with van der Waals surface area (Å²) in [5.41, 5.74) is 7.18. The van der Waals surface area contributed by atoms with Gasteiger partial charge >= 0.3 is 0 Å². The van der Waals surface area contributed by atoms with Gasteiger partial charge in [0.2, 0.25) is 5.91 Å². The van der Waals surface area contributed by atoms with Gasteiger partial charge in [0, 0.05) is 42.9 Å². The van der Waals surface area contributed by atoms with E-state index in [1.54, 1.807) is 6.07 Å². The number of ether oxygens (including phenoxy) is 3. The molecule has 0 saturated carbocycles. The van der Waals surface area contributed by atoms with Crippen LogP contribution >= 0.6 is 0 Å². The Morgan fingerprint density at radius 3 is 2.38 bits per heavy atom. The molecule has 0 aliphatic carbocycles. The summed E-state index contributed by atoms with van der Waals surface area (Å²) in [6.45, 7) is 4.79. The van der Waals surface area contributed by atoms with Crippen molar-refractivity contribution in [1.29, 1.82) is 0 Å². The quantitative estimate of drug-likeness (QED) is 0.726. The maximum absolute atomic E-state index is 11.6. The Kier molecular flexibility index (Phi) is 6.64. The number of primary amides is 1. The fourth-order valence-corrected chi connectivity index (χ4v) is 4.22. The predicted octanol–water partition coefficient (Wildman–Crippen LogP) is 3.12. The van der Waals surface area contributed by atoms with Gasteiger partial charge in [-0.25, -0.2) is 0 Å². The standard InChI is InChI=1S/C23H30N2O4/c24-23(26)18-5-4-17-2-1-3-22(21(17)16-18)25-10-6-19(7-11-25)28-14-15-29-20-8-12-27-13-9-20/h1-5,16,19-20H,6-15H2,(H2,24,26). The number of hydrogen-bond acceptors (Lipinski definition) is 5. The van der Waals surface area contributed by atoms with Crippen LogP contribution in [0.3, 0.4) is 0 Å². The molecule has 29 heavy (non-hydrogen) atoms. The highest BCUT2D eigenvalue weighted by atomic mass is 16.5. The molecule has 156 valence electrons. The van der Waals surface area contributed by atoms with Crippen LogP contribution in [-0.2, 0) is 14.2 Å². The van der Waals surface area contributed by atoms with Crippen molar-refractivity contribution in [2.45, 2.75) is 37.9 Å². The van der Waals surface area contributed by atoms with Crippen molar-refractivity contribution in [1.82, 2.24) is 0 Å². The second-order valence-electron chi connectivity index (χ2n) is 7.82. The summed E-state index contributed by atoms with van der Waals surface area (Å²) < 4.78 is 17.3. The third kappa shape index (κ3) is 5.07. The average molecular weight is 399 g/mol. The number of hydrogen-bond donors (Lipinski definition) is 1. The van der Waals surface area contributed by atoms with E-state index in [9.17, 15) is 4.79 Å². The zero-order chi connectivity index (χ0) is 20.1. The Bertz CT molecular complexity index is 827. The van der Waals surface area contributed by atoms with Crippen molar-refractivity contribution in [3.8, 4) is 0 Å². The van der Waals surface area contributed by atoms with E-state index >= 15 is 0 Å². The van der Waals surface area contributed by atoms with Gasteiger partial charge in [0.15, 0.2) is 0 Å². The molecule has 2 aliphatic rings. The number of fused-ring (bicyclic) bond motifs is 1. The number of benzene rings is 2. The molecule has 6 heteroatoms. The molecule has 0 aromatic heterocycles. The highest BCUT2D eigenvalue weighted by Gasteiger charge is 2.21. The second-order valence-corrected chi connectivity index (χ2v) is 7.82. The Morgan fingerprint density at radius 2 is 1.69 bits per heavy atom. The summed E-state index contributed by atoms with van der Waals surface area (Å²) in [6.07, 6.45) is 4.56. The van der Waals surface area contributed by atoms with E-state index in [0.717, 1.165) is 68.4 Å². The van der Waals surface area contributed by atoms with Gasteiger partial charge in [0.1, 0.15) is 0 Å². The number of rotatable bonds is 7.